The maximum Gasteiger partial charge on any atom is 0.278 e. The molecule has 2 rings (SSSR count). The van der Waals surface area contributed by atoms with Crippen molar-refractivity contribution in [2.75, 3.05) is 0 Å². The van der Waals surface area contributed by atoms with E-state index < -0.39 is 0 Å². The van der Waals surface area contributed by atoms with Crippen molar-refractivity contribution in [2.45, 2.75) is 6.92 Å². The highest BCUT2D eigenvalue weighted by atomic mass is 32.1. The molecule has 0 radical (unpaired) electrons. The Balaban J connectivity index is 2.47. The molecule has 0 aliphatic carbocycles. The number of nitro groups is 1. The third kappa shape index (κ3) is 2.60. The van der Waals surface area contributed by atoms with Crippen LogP contribution in [0.2, 0.25) is 0 Å². The van der Waals surface area contributed by atoms with Crippen molar-refractivity contribution in [1.82, 2.24) is 0 Å². The number of hydrogen-bond donors (Lipinski definition) is 0. The van der Waals surface area contributed by atoms with Crippen molar-refractivity contribution in [3.63, 3.8) is 0 Å². The van der Waals surface area contributed by atoms with Crippen LogP contribution < -0.4 is 0 Å². The lowest BCUT2D eigenvalue weighted by atomic mass is 10.1. The highest BCUT2D eigenvalue weighted by Gasteiger charge is 2.14. The smallest absolute Gasteiger partial charge is 0.258 e. The predicted molar refractivity (Wildman–Crippen MR) is 70.4 cm³/mol. The lowest BCUT2D eigenvalue weighted by molar-refractivity contribution is -0.374. The topological polar surface area (TPSA) is 43.1 Å². The molecule has 0 aliphatic rings. The van der Waals surface area contributed by atoms with Gasteiger partial charge >= 0.3 is 0 Å². The van der Waals surface area contributed by atoms with E-state index in [1.165, 1.54) is 11.3 Å². The summed E-state index contributed by atoms with van der Waals surface area (Å²) in [4.78, 5) is 11.7. The Kier molecular flexibility index (Phi) is 3.35. The molecule has 0 bridgehead atoms. The fourth-order valence-electron chi connectivity index (χ4n) is 1.51. The first-order valence-electron chi connectivity index (χ1n) is 5.14. The van der Waals surface area contributed by atoms with Gasteiger partial charge in [-0.25, -0.2) is 0 Å². The summed E-state index contributed by atoms with van der Waals surface area (Å²) in [6.07, 6.45) is 1.63. The summed E-state index contributed by atoms with van der Waals surface area (Å²) in [5.74, 6) is 0. The second kappa shape index (κ2) is 4.93. The highest BCUT2D eigenvalue weighted by molar-refractivity contribution is 7.11. The summed E-state index contributed by atoms with van der Waals surface area (Å²) in [5.41, 5.74) is 1.83. The molecule has 0 amide bonds. The molecule has 0 N–H and O–H groups in total. The molecule has 17 heavy (non-hydrogen) atoms. The molecule has 1 aromatic heterocycles. The second-order valence-electron chi connectivity index (χ2n) is 3.62. The van der Waals surface area contributed by atoms with E-state index in [0.29, 0.717) is 5.56 Å². The fraction of sp³-hybridized carbons (Fsp3) is 0.0769. The Morgan fingerprint density at radius 1 is 1.29 bits per heavy atom. The number of benzene rings is 1. The van der Waals surface area contributed by atoms with Gasteiger partial charge in [-0.15, -0.1) is 11.3 Å². The minimum Gasteiger partial charge on any atom is -0.258 e. The summed E-state index contributed by atoms with van der Waals surface area (Å²) in [7, 11) is 0. The highest BCUT2D eigenvalue weighted by Crippen LogP contribution is 2.24. The minimum atomic E-state index is -0.339. The molecule has 3 nitrogen and oxygen atoms in total. The monoisotopic (exact) mass is 245 g/mol. The summed E-state index contributed by atoms with van der Waals surface area (Å²) in [6, 6.07) is 10.9. The van der Waals surface area contributed by atoms with Gasteiger partial charge in [0.1, 0.15) is 0 Å². The van der Waals surface area contributed by atoms with Crippen molar-refractivity contribution in [1.29, 1.82) is 0 Å². The molecule has 0 saturated heterocycles. The number of aryl methyl sites for hydroxylation is 1. The SMILES string of the molecule is Cc1ccsc1C=C(c1ccccc1)[N+](=O)[O-]. The Labute approximate surface area is 103 Å². The van der Waals surface area contributed by atoms with Crippen molar-refractivity contribution >= 4 is 23.1 Å². The molecule has 86 valence electrons. The first kappa shape index (κ1) is 11.5. The quantitative estimate of drug-likeness (QED) is 0.609. The van der Waals surface area contributed by atoms with Crippen LogP contribution in [0.3, 0.4) is 0 Å². The molecule has 0 saturated carbocycles. The third-order valence-electron chi connectivity index (χ3n) is 2.44. The lowest BCUT2D eigenvalue weighted by Crippen LogP contribution is -1.97. The zero-order valence-corrected chi connectivity index (χ0v) is 10.1. The molecule has 1 aromatic carbocycles. The van der Waals surface area contributed by atoms with Gasteiger partial charge in [0.15, 0.2) is 0 Å². The van der Waals surface area contributed by atoms with Crippen LogP contribution in [0.15, 0.2) is 41.8 Å². The predicted octanol–water partition coefficient (Wildman–Crippen LogP) is 3.83. The molecule has 0 spiro atoms. The van der Waals surface area contributed by atoms with Gasteiger partial charge in [0, 0.05) is 11.0 Å². The molecular weight excluding hydrogens is 234 g/mol. The van der Waals surface area contributed by atoms with E-state index in [-0.39, 0.29) is 10.6 Å². The molecule has 0 unspecified atom stereocenters. The zero-order valence-electron chi connectivity index (χ0n) is 9.29. The van der Waals surface area contributed by atoms with Crippen LogP contribution >= 0.6 is 11.3 Å². The van der Waals surface area contributed by atoms with Gasteiger partial charge in [-0.1, -0.05) is 18.2 Å². The molecule has 2 aromatic rings. The Hall–Kier alpha value is -1.94. The average Bonchev–Trinajstić information content (AvgIpc) is 2.72. The minimum absolute atomic E-state index is 0.135. The standard InChI is InChI=1S/C13H11NO2S/c1-10-7-8-17-13(10)9-12(14(15)16)11-5-3-2-4-6-11/h2-9H,1H3. The van der Waals surface area contributed by atoms with E-state index >= 15 is 0 Å². The fourth-order valence-corrected chi connectivity index (χ4v) is 2.36. The van der Waals surface area contributed by atoms with Crippen molar-refractivity contribution in [3.05, 3.63) is 67.9 Å². The lowest BCUT2D eigenvalue weighted by Gasteiger charge is -1.98. The van der Waals surface area contributed by atoms with E-state index in [4.69, 9.17) is 0 Å². The summed E-state index contributed by atoms with van der Waals surface area (Å²) >= 11 is 1.51. The van der Waals surface area contributed by atoms with E-state index in [1.807, 2.05) is 24.4 Å². The Morgan fingerprint density at radius 2 is 2.00 bits per heavy atom. The third-order valence-corrected chi connectivity index (χ3v) is 3.40. The van der Waals surface area contributed by atoms with Crippen LogP contribution in [-0.2, 0) is 0 Å². The molecule has 0 fully saturated rings. The first-order valence-corrected chi connectivity index (χ1v) is 6.02. The normalized spacial score (nSPS) is 11.5. The van der Waals surface area contributed by atoms with E-state index in [0.717, 1.165) is 10.4 Å². The van der Waals surface area contributed by atoms with Crippen LogP contribution in [0.4, 0.5) is 0 Å². The molecular formula is C13H11NO2S. The van der Waals surface area contributed by atoms with Gasteiger partial charge in [-0.2, -0.15) is 0 Å². The zero-order chi connectivity index (χ0) is 12.3. The average molecular weight is 245 g/mol. The van der Waals surface area contributed by atoms with Gasteiger partial charge in [-0.05, 0) is 36.1 Å². The molecule has 4 heteroatoms. The number of nitrogens with zero attached hydrogens (tertiary/aromatic N) is 1. The van der Waals surface area contributed by atoms with Crippen molar-refractivity contribution in [2.24, 2.45) is 0 Å². The number of hydrogen-bond acceptors (Lipinski definition) is 3. The van der Waals surface area contributed by atoms with Crippen molar-refractivity contribution in [3.8, 4) is 0 Å². The molecule has 1 heterocycles. The van der Waals surface area contributed by atoms with E-state index in [1.54, 1.807) is 30.3 Å². The van der Waals surface area contributed by atoms with Crippen molar-refractivity contribution < 1.29 is 4.92 Å². The first-order chi connectivity index (χ1) is 8.18. The van der Waals surface area contributed by atoms with E-state index in [9.17, 15) is 10.1 Å². The van der Waals surface area contributed by atoms with Crippen LogP contribution in [0.1, 0.15) is 16.0 Å². The number of thiophene rings is 1. The maximum absolute atomic E-state index is 11.1. The summed E-state index contributed by atoms with van der Waals surface area (Å²) in [6.45, 7) is 1.95. The molecule has 0 aliphatic heterocycles. The second-order valence-corrected chi connectivity index (χ2v) is 4.57. The Morgan fingerprint density at radius 3 is 2.53 bits per heavy atom. The summed E-state index contributed by atoms with van der Waals surface area (Å²) < 4.78 is 0. The van der Waals surface area contributed by atoms with Crippen LogP contribution in [0.25, 0.3) is 11.8 Å². The van der Waals surface area contributed by atoms with E-state index in [2.05, 4.69) is 0 Å². The van der Waals surface area contributed by atoms with Gasteiger partial charge in [0.25, 0.3) is 5.70 Å². The van der Waals surface area contributed by atoms with Crippen LogP contribution in [0, 0.1) is 17.0 Å². The van der Waals surface area contributed by atoms with Crippen LogP contribution in [0.5, 0.6) is 0 Å². The molecule has 0 atom stereocenters. The van der Waals surface area contributed by atoms with Gasteiger partial charge < -0.3 is 0 Å². The maximum atomic E-state index is 11.1. The van der Waals surface area contributed by atoms with Gasteiger partial charge in [0.2, 0.25) is 0 Å². The summed E-state index contributed by atoms with van der Waals surface area (Å²) in [5, 5.41) is 13.0. The van der Waals surface area contributed by atoms with Gasteiger partial charge in [0.05, 0.1) is 10.5 Å². The van der Waals surface area contributed by atoms with Gasteiger partial charge in [-0.3, -0.25) is 10.1 Å². The number of rotatable bonds is 3. The Bertz CT molecular complexity index is 558. The van der Waals surface area contributed by atoms with Crippen LogP contribution in [-0.4, -0.2) is 4.92 Å². The largest absolute Gasteiger partial charge is 0.278 e.